The van der Waals surface area contributed by atoms with Crippen LogP contribution in [-0.4, -0.2) is 63.8 Å². The Morgan fingerprint density at radius 1 is 1.14 bits per heavy atom. The van der Waals surface area contributed by atoms with Gasteiger partial charge in [0, 0.05) is 39.3 Å². The molecule has 22 heavy (non-hydrogen) atoms. The van der Waals surface area contributed by atoms with Crippen LogP contribution in [0.4, 0.5) is 0 Å². The van der Waals surface area contributed by atoms with Crippen molar-refractivity contribution in [3.05, 3.63) is 29.8 Å². The molecule has 1 aromatic carbocycles. The Morgan fingerprint density at radius 2 is 1.77 bits per heavy atom. The van der Waals surface area contributed by atoms with Gasteiger partial charge in [-0.25, -0.2) is 8.42 Å². The van der Waals surface area contributed by atoms with E-state index in [0.29, 0.717) is 25.2 Å². The van der Waals surface area contributed by atoms with Gasteiger partial charge < -0.3 is 10.2 Å². The zero-order valence-electron chi connectivity index (χ0n) is 12.8. The molecule has 1 fully saturated rings. The lowest BCUT2D eigenvalue weighted by atomic mass is 10.2. The van der Waals surface area contributed by atoms with Crippen molar-refractivity contribution in [3.8, 4) is 0 Å². The summed E-state index contributed by atoms with van der Waals surface area (Å²) in [6, 6.07) is 6.13. The van der Waals surface area contributed by atoms with E-state index in [-0.39, 0.29) is 23.2 Å². The first-order valence-electron chi connectivity index (χ1n) is 6.95. The van der Waals surface area contributed by atoms with Gasteiger partial charge in [0.2, 0.25) is 10.0 Å². The summed E-state index contributed by atoms with van der Waals surface area (Å²) in [4.78, 5) is 13.5. The average molecular weight is 348 g/mol. The van der Waals surface area contributed by atoms with Crippen molar-refractivity contribution in [1.29, 1.82) is 0 Å². The molecule has 1 aromatic rings. The van der Waals surface area contributed by atoms with Gasteiger partial charge in [-0.1, -0.05) is 0 Å². The summed E-state index contributed by atoms with van der Waals surface area (Å²) in [6.07, 6.45) is 0.802. The number of carbonyl (C=O) groups is 1. The second kappa shape index (κ2) is 7.92. The van der Waals surface area contributed by atoms with Gasteiger partial charge in [0.05, 0.1) is 4.90 Å². The van der Waals surface area contributed by atoms with Crippen LogP contribution in [0.25, 0.3) is 0 Å². The molecule has 0 bridgehead atoms. The lowest BCUT2D eigenvalue weighted by Gasteiger charge is -2.19. The van der Waals surface area contributed by atoms with Crippen molar-refractivity contribution in [2.75, 3.05) is 40.3 Å². The van der Waals surface area contributed by atoms with Crippen molar-refractivity contribution in [1.82, 2.24) is 14.5 Å². The minimum Gasteiger partial charge on any atom is -0.345 e. The predicted molar refractivity (Wildman–Crippen MR) is 88.0 cm³/mol. The maximum Gasteiger partial charge on any atom is 0.253 e. The van der Waals surface area contributed by atoms with E-state index in [0.717, 1.165) is 13.0 Å². The second-order valence-corrected chi connectivity index (χ2v) is 7.17. The summed E-state index contributed by atoms with van der Waals surface area (Å²) in [5.74, 6) is -0.141. The molecule has 1 aliphatic rings. The van der Waals surface area contributed by atoms with Crippen molar-refractivity contribution in [3.63, 3.8) is 0 Å². The molecule has 0 atom stereocenters. The molecule has 8 heteroatoms. The number of nitrogens with one attached hydrogen (secondary N) is 1. The summed E-state index contributed by atoms with van der Waals surface area (Å²) in [5.41, 5.74) is 0.483. The third-order valence-corrected chi connectivity index (χ3v) is 5.36. The van der Waals surface area contributed by atoms with Gasteiger partial charge in [0.1, 0.15) is 0 Å². The van der Waals surface area contributed by atoms with E-state index < -0.39 is 10.0 Å². The third-order valence-electron chi connectivity index (χ3n) is 3.44. The topological polar surface area (TPSA) is 69.7 Å². The molecule has 0 aromatic heterocycles. The largest absolute Gasteiger partial charge is 0.345 e. The minimum atomic E-state index is -3.48. The summed E-state index contributed by atoms with van der Waals surface area (Å²) in [6.45, 7) is 2.49. The molecule has 0 unspecified atom stereocenters. The van der Waals surface area contributed by atoms with Crippen LogP contribution in [0.2, 0.25) is 0 Å². The highest BCUT2D eigenvalue weighted by Gasteiger charge is 2.25. The highest BCUT2D eigenvalue weighted by Crippen LogP contribution is 2.17. The Bertz CT molecular complexity index is 594. The molecule has 2 rings (SSSR count). The van der Waals surface area contributed by atoms with Crippen LogP contribution in [0, 0.1) is 0 Å². The number of halogens is 1. The monoisotopic (exact) mass is 347 g/mol. The van der Waals surface area contributed by atoms with Crippen LogP contribution >= 0.6 is 12.4 Å². The fourth-order valence-corrected chi connectivity index (χ4v) is 3.72. The molecule has 1 N–H and O–H groups in total. The van der Waals surface area contributed by atoms with Crippen molar-refractivity contribution in [2.24, 2.45) is 0 Å². The fourth-order valence-electron chi connectivity index (χ4n) is 2.24. The number of hydrogen-bond donors (Lipinski definition) is 1. The molecule has 1 saturated heterocycles. The molecule has 0 saturated carbocycles. The summed E-state index contributed by atoms with van der Waals surface area (Å²) >= 11 is 0. The van der Waals surface area contributed by atoms with Gasteiger partial charge in [0.15, 0.2) is 0 Å². The predicted octanol–water partition coefficient (Wildman–Crippen LogP) is 0.794. The summed E-state index contributed by atoms with van der Waals surface area (Å²) < 4.78 is 26.6. The van der Waals surface area contributed by atoms with Crippen LogP contribution in [0.3, 0.4) is 0 Å². The van der Waals surface area contributed by atoms with Crippen LogP contribution in [0.15, 0.2) is 29.2 Å². The Labute approximate surface area is 137 Å². The standard InChI is InChI=1S/C14H21N3O3S.ClH/c1-16(2)14(18)12-4-6-13(7-5-12)21(19,20)17-10-3-8-15-9-11-17;/h4-7,15H,3,8-11H2,1-2H3;1H. The van der Waals surface area contributed by atoms with E-state index >= 15 is 0 Å². The van der Waals surface area contributed by atoms with Crippen molar-refractivity contribution < 1.29 is 13.2 Å². The van der Waals surface area contributed by atoms with E-state index in [1.54, 1.807) is 26.2 Å². The maximum absolute atomic E-state index is 12.6. The normalized spacial score (nSPS) is 16.5. The molecule has 1 heterocycles. The lowest BCUT2D eigenvalue weighted by Crippen LogP contribution is -2.34. The average Bonchev–Trinajstić information content (AvgIpc) is 2.76. The Hall–Kier alpha value is -1.15. The summed E-state index contributed by atoms with van der Waals surface area (Å²) in [7, 11) is -0.152. The van der Waals surface area contributed by atoms with Gasteiger partial charge in [-0.15, -0.1) is 12.4 Å². The lowest BCUT2D eigenvalue weighted by molar-refractivity contribution is 0.0827. The molecule has 124 valence electrons. The van der Waals surface area contributed by atoms with Crippen molar-refractivity contribution >= 4 is 28.3 Å². The number of carbonyl (C=O) groups excluding carboxylic acids is 1. The molecule has 1 amide bonds. The van der Waals surface area contributed by atoms with E-state index in [1.807, 2.05) is 0 Å². The number of amides is 1. The SMILES string of the molecule is CN(C)C(=O)c1ccc(S(=O)(=O)N2CCCNCC2)cc1.Cl. The third kappa shape index (κ3) is 4.19. The van der Waals surface area contributed by atoms with E-state index in [4.69, 9.17) is 0 Å². The van der Waals surface area contributed by atoms with Crippen LogP contribution in [-0.2, 0) is 10.0 Å². The highest BCUT2D eigenvalue weighted by molar-refractivity contribution is 7.89. The number of rotatable bonds is 3. The van der Waals surface area contributed by atoms with Gasteiger partial charge in [-0.2, -0.15) is 4.31 Å². The Kier molecular flexibility index (Phi) is 6.80. The zero-order chi connectivity index (χ0) is 15.5. The smallest absolute Gasteiger partial charge is 0.253 e. The Balaban J connectivity index is 0.00000242. The highest BCUT2D eigenvalue weighted by atomic mass is 35.5. The Morgan fingerprint density at radius 3 is 2.36 bits per heavy atom. The number of benzene rings is 1. The van der Waals surface area contributed by atoms with Gasteiger partial charge in [0.25, 0.3) is 5.91 Å². The molecule has 6 nitrogen and oxygen atoms in total. The first-order chi connectivity index (χ1) is 9.93. The van der Waals surface area contributed by atoms with Crippen LogP contribution in [0.5, 0.6) is 0 Å². The van der Waals surface area contributed by atoms with E-state index in [1.165, 1.54) is 21.3 Å². The number of sulfonamides is 1. The first-order valence-corrected chi connectivity index (χ1v) is 8.39. The zero-order valence-corrected chi connectivity index (χ0v) is 14.4. The van der Waals surface area contributed by atoms with Gasteiger partial charge in [-0.05, 0) is 37.2 Å². The second-order valence-electron chi connectivity index (χ2n) is 5.23. The van der Waals surface area contributed by atoms with E-state index in [9.17, 15) is 13.2 Å². The molecule has 0 spiro atoms. The molecule has 0 radical (unpaired) electrons. The molecule has 0 aliphatic carbocycles. The summed E-state index contributed by atoms with van der Waals surface area (Å²) in [5, 5.41) is 3.18. The van der Waals surface area contributed by atoms with Crippen LogP contribution < -0.4 is 5.32 Å². The molecular formula is C14H22ClN3O3S. The quantitative estimate of drug-likeness (QED) is 0.877. The molecule has 1 aliphatic heterocycles. The van der Waals surface area contributed by atoms with Gasteiger partial charge in [-0.3, -0.25) is 4.79 Å². The maximum atomic E-state index is 12.6. The molecular weight excluding hydrogens is 326 g/mol. The first kappa shape index (κ1) is 18.9. The van der Waals surface area contributed by atoms with Crippen molar-refractivity contribution in [2.45, 2.75) is 11.3 Å². The van der Waals surface area contributed by atoms with Gasteiger partial charge >= 0.3 is 0 Å². The number of nitrogens with zero attached hydrogens (tertiary/aromatic N) is 2. The number of hydrogen-bond acceptors (Lipinski definition) is 4. The van der Waals surface area contributed by atoms with Crippen LogP contribution in [0.1, 0.15) is 16.8 Å². The fraction of sp³-hybridized carbons (Fsp3) is 0.500. The minimum absolute atomic E-state index is 0. The van der Waals surface area contributed by atoms with E-state index in [2.05, 4.69) is 5.32 Å².